The molecule has 6 heteroatoms. The lowest BCUT2D eigenvalue weighted by atomic mass is 10.1. The summed E-state index contributed by atoms with van der Waals surface area (Å²) in [5.41, 5.74) is 3.07. The van der Waals surface area contributed by atoms with Crippen LogP contribution in [0.4, 0.5) is 5.69 Å². The molecule has 0 atom stereocenters. The minimum Gasteiger partial charge on any atom is -0.483 e. The van der Waals surface area contributed by atoms with Gasteiger partial charge in [0.1, 0.15) is 5.75 Å². The van der Waals surface area contributed by atoms with Crippen LogP contribution in [0.1, 0.15) is 12.5 Å². The maximum absolute atomic E-state index is 13.5. The van der Waals surface area contributed by atoms with Crippen LogP contribution in [0.3, 0.4) is 0 Å². The van der Waals surface area contributed by atoms with Crippen LogP contribution >= 0.6 is 0 Å². The van der Waals surface area contributed by atoms with E-state index >= 15 is 0 Å². The van der Waals surface area contributed by atoms with Crippen LogP contribution in [-0.4, -0.2) is 20.9 Å². The molecule has 0 aliphatic rings. The van der Waals surface area contributed by atoms with Gasteiger partial charge in [0.15, 0.2) is 6.61 Å². The van der Waals surface area contributed by atoms with Gasteiger partial charge in [0.25, 0.3) is 15.9 Å². The normalized spacial score (nSPS) is 11.1. The van der Waals surface area contributed by atoms with E-state index in [9.17, 15) is 13.2 Å². The largest absolute Gasteiger partial charge is 0.483 e. The number of carbonyl (C=O) groups is 1. The Balaban J connectivity index is 1.66. The molecule has 0 spiro atoms. The number of carbonyl (C=O) groups excluding carboxylic acids is 1. The first-order chi connectivity index (χ1) is 16.5. The summed E-state index contributed by atoms with van der Waals surface area (Å²) in [7, 11) is -4.14. The van der Waals surface area contributed by atoms with Crippen molar-refractivity contribution in [1.82, 2.24) is 0 Å². The number of amides is 1. The Morgan fingerprint density at radius 1 is 0.765 bits per heavy atom. The fraction of sp³-hybridized carbons (Fsp3) is 0.107. The van der Waals surface area contributed by atoms with E-state index in [4.69, 9.17) is 4.74 Å². The number of para-hydroxylation sites is 1. The van der Waals surface area contributed by atoms with Crippen molar-refractivity contribution in [1.29, 1.82) is 0 Å². The van der Waals surface area contributed by atoms with Crippen molar-refractivity contribution in [2.24, 2.45) is 0 Å². The van der Waals surface area contributed by atoms with Gasteiger partial charge in [-0.2, -0.15) is 4.31 Å². The molecule has 0 saturated carbocycles. The zero-order valence-electron chi connectivity index (χ0n) is 18.8. The molecule has 0 saturated heterocycles. The number of ether oxygens (including phenoxy) is 1. The van der Waals surface area contributed by atoms with E-state index < -0.39 is 22.5 Å². The molecular formula is C28H25NO4S. The second kappa shape index (κ2) is 10.4. The van der Waals surface area contributed by atoms with Crippen molar-refractivity contribution < 1.29 is 17.9 Å². The van der Waals surface area contributed by atoms with Crippen LogP contribution < -0.4 is 9.04 Å². The van der Waals surface area contributed by atoms with Gasteiger partial charge in [-0.25, -0.2) is 8.42 Å². The lowest BCUT2D eigenvalue weighted by Crippen LogP contribution is -2.40. The van der Waals surface area contributed by atoms with Gasteiger partial charge in [0, 0.05) is 5.56 Å². The number of hydrogen-bond donors (Lipinski definition) is 0. The number of sulfonamides is 1. The van der Waals surface area contributed by atoms with Crippen molar-refractivity contribution in [2.75, 3.05) is 10.9 Å². The molecule has 172 valence electrons. The van der Waals surface area contributed by atoms with Gasteiger partial charge in [0.05, 0.1) is 10.6 Å². The number of nitrogens with zero attached hydrogens (tertiary/aromatic N) is 1. The molecule has 0 radical (unpaired) electrons. The second-order valence-corrected chi connectivity index (χ2v) is 9.43. The summed E-state index contributed by atoms with van der Waals surface area (Å²) < 4.78 is 33.7. The van der Waals surface area contributed by atoms with Gasteiger partial charge in [-0.1, -0.05) is 85.8 Å². The number of aryl methyl sites for hydroxylation is 1. The van der Waals surface area contributed by atoms with Gasteiger partial charge >= 0.3 is 0 Å². The SMILES string of the molecule is CCc1ccc(N(C(=O)COc2ccccc2-c2ccccc2)S(=O)(=O)c2ccccc2)cc1. The highest BCUT2D eigenvalue weighted by atomic mass is 32.2. The van der Waals surface area contributed by atoms with E-state index in [0.29, 0.717) is 5.75 Å². The highest BCUT2D eigenvalue weighted by molar-refractivity contribution is 7.93. The molecule has 0 fully saturated rings. The minimum atomic E-state index is -4.14. The van der Waals surface area contributed by atoms with Gasteiger partial charge in [0.2, 0.25) is 0 Å². The first-order valence-corrected chi connectivity index (χ1v) is 12.4. The average Bonchev–Trinajstić information content (AvgIpc) is 2.89. The molecule has 0 aliphatic heterocycles. The Labute approximate surface area is 200 Å². The first kappa shape index (κ1) is 23.3. The molecule has 0 unspecified atom stereocenters. The smallest absolute Gasteiger partial charge is 0.278 e. The summed E-state index contributed by atoms with van der Waals surface area (Å²) in [5.74, 6) is -0.184. The third-order valence-corrected chi connectivity index (χ3v) is 7.17. The summed E-state index contributed by atoms with van der Waals surface area (Å²) in [6, 6.07) is 31.9. The van der Waals surface area contributed by atoms with E-state index in [1.807, 2.05) is 67.6 Å². The first-order valence-electron chi connectivity index (χ1n) is 11.0. The van der Waals surface area contributed by atoms with E-state index in [-0.39, 0.29) is 10.6 Å². The molecular weight excluding hydrogens is 446 g/mol. The van der Waals surface area contributed by atoms with Crippen molar-refractivity contribution in [3.8, 4) is 16.9 Å². The summed E-state index contributed by atoms with van der Waals surface area (Å²) in [4.78, 5) is 13.4. The van der Waals surface area contributed by atoms with Gasteiger partial charge in [-0.3, -0.25) is 4.79 Å². The molecule has 0 bridgehead atoms. The number of anilines is 1. The fourth-order valence-electron chi connectivity index (χ4n) is 3.63. The van der Waals surface area contributed by atoms with E-state index in [1.54, 1.807) is 36.4 Å². The fourth-order valence-corrected chi connectivity index (χ4v) is 5.06. The standard InChI is InChI=1S/C28H25NO4S/c1-2-22-17-19-24(20-18-22)29(34(31,32)25-13-7-4-8-14-25)28(30)21-33-27-16-10-9-15-26(27)23-11-5-3-6-12-23/h3-20H,2,21H2,1H3. The van der Waals surface area contributed by atoms with Crippen LogP contribution in [0.2, 0.25) is 0 Å². The Hall–Kier alpha value is -3.90. The molecule has 0 heterocycles. The number of hydrogen-bond acceptors (Lipinski definition) is 4. The molecule has 0 aliphatic carbocycles. The Morgan fingerprint density at radius 2 is 1.35 bits per heavy atom. The molecule has 1 amide bonds. The zero-order chi connectivity index (χ0) is 24.0. The van der Waals surface area contributed by atoms with Gasteiger partial charge < -0.3 is 4.74 Å². The topological polar surface area (TPSA) is 63.7 Å². The van der Waals surface area contributed by atoms with Crippen molar-refractivity contribution in [3.63, 3.8) is 0 Å². The minimum absolute atomic E-state index is 0.0348. The van der Waals surface area contributed by atoms with E-state index in [1.165, 1.54) is 12.1 Å². The van der Waals surface area contributed by atoms with Crippen LogP contribution in [0.5, 0.6) is 5.75 Å². The highest BCUT2D eigenvalue weighted by Gasteiger charge is 2.31. The summed E-state index contributed by atoms with van der Waals surface area (Å²) in [5, 5.41) is 0. The molecule has 4 rings (SSSR count). The van der Waals surface area contributed by atoms with E-state index in [2.05, 4.69) is 0 Å². The zero-order valence-corrected chi connectivity index (χ0v) is 19.6. The second-order valence-electron chi connectivity index (χ2n) is 7.65. The van der Waals surface area contributed by atoms with Crippen LogP contribution in [0.25, 0.3) is 11.1 Å². The van der Waals surface area contributed by atoms with Crippen molar-refractivity contribution >= 4 is 21.6 Å². The average molecular weight is 472 g/mol. The maximum atomic E-state index is 13.5. The highest BCUT2D eigenvalue weighted by Crippen LogP contribution is 2.30. The molecule has 4 aromatic rings. The van der Waals surface area contributed by atoms with Crippen molar-refractivity contribution in [3.05, 3.63) is 115 Å². The predicted molar refractivity (Wildman–Crippen MR) is 134 cm³/mol. The predicted octanol–water partition coefficient (Wildman–Crippen LogP) is 5.72. The number of rotatable bonds is 8. The lowest BCUT2D eigenvalue weighted by Gasteiger charge is -2.23. The van der Waals surface area contributed by atoms with Crippen LogP contribution in [0, 0.1) is 0 Å². The molecule has 5 nitrogen and oxygen atoms in total. The van der Waals surface area contributed by atoms with Crippen LogP contribution in [0.15, 0.2) is 114 Å². The summed E-state index contributed by atoms with van der Waals surface area (Å²) in [6.45, 7) is 1.57. The quantitative estimate of drug-likeness (QED) is 0.330. The molecule has 4 aromatic carbocycles. The Bertz CT molecular complexity index is 1350. The van der Waals surface area contributed by atoms with Gasteiger partial charge in [-0.05, 0) is 47.9 Å². The summed E-state index contributed by atoms with van der Waals surface area (Å²) in [6.07, 6.45) is 0.805. The van der Waals surface area contributed by atoms with Gasteiger partial charge in [-0.15, -0.1) is 0 Å². The monoisotopic (exact) mass is 471 g/mol. The third-order valence-electron chi connectivity index (χ3n) is 5.41. The van der Waals surface area contributed by atoms with Crippen LogP contribution in [-0.2, 0) is 21.2 Å². The molecule has 34 heavy (non-hydrogen) atoms. The molecule has 0 aromatic heterocycles. The third kappa shape index (κ3) is 5.02. The Kier molecular flexibility index (Phi) is 7.09. The maximum Gasteiger partial charge on any atom is 0.278 e. The summed E-state index contributed by atoms with van der Waals surface area (Å²) >= 11 is 0. The molecule has 0 N–H and O–H groups in total. The van der Waals surface area contributed by atoms with E-state index in [0.717, 1.165) is 27.4 Å². The van der Waals surface area contributed by atoms with Crippen molar-refractivity contribution in [2.45, 2.75) is 18.2 Å². The lowest BCUT2D eigenvalue weighted by molar-refractivity contribution is -0.119. The Morgan fingerprint density at radius 3 is 2.00 bits per heavy atom. The number of benzene rings is 4.